The molecule has 10 heteroatoms. The summed E-state index contributed by atoms with van der Waals surface area (Å²) in [5.74, 6) is -1.21. The highest BCUT2D eigenvalue weighted by atomic mass is 79.9. The molecule has 19 aromatic rings. The van der Waals surface area contributed by atoms with E-state index < -0.39 is 11.6 Å². The van der Waals surface area contributed by atoms with Crippen LogP contribution in [0, 0.1) is 11.6 Å². The van der Waals surface area contributed by atoms with Gasteiger partial charge in [-0.1, -0.05) is 351 Å². The maximum atomic E-state index is 14.1. The molecule has 0 N–H and O–H groups in total. The first-order valence-corrected chi connectivity index (χ1v) is 44.6. The van der Waals surface area contributed by atoms with Crippen molar-refractivity contribution in [3.63, 3.8) is 0 Å². The van der Waals surface area contributed by atoms with Crippen LogP contribution in [0.1, 0.15) is 25.0 Å². The van der Waals surface area contributed by atoms with E-state index in [0.717, 1.165) is 86.4 Å². The molecule has 0 heterocycles. The van der Waals surface area contributed by atoms with Crippen molar-refractivity contribution in [2.75, 3.05) is 19.6 Å². The minimum absolute atomic E-state index is 0.0993. The van der Waals surface area contributed by atoms with Crippen LogP contribution in [0.15, 0.2) is 491 Å². The normalized spacial score (nSPS) is 11.4. The summed E-state index contributed by atoms with van der Waals surface area (Å²) in [4.78, 5) is 8.79. The molecule has 20 rings (SSSR count). The summed E-state index contributed by atoms with van der Waals surface area (Å²) < 4.78 is 32.4. The lowest BCUT2D eigenvalue weighted by molar-refractivity contribution is 0.584. The third kappa shape index (κ3) is 19.4. The number of rotatable bonds is 17. The Hall–Kier alpha value is -13.6. The van der Waals surface area contributed by atoms with Crippen LogP contribution in [0.5, 0.6) is 0 Å². The zero-order valence-corrected chi connectivity index (χ0v) is 74.9. The molecule has 4 nitrogen and oxygen atoms in total. The Bertz CT molecular complexity index is 6830. The van der Waals surface area contributed by atoms with E-state index in [9.17, 15) is 8.78 Å². The van der Waals surface area contributed by atoms with E-state index in [2.05, 4.69) is 505 Å². The minimum Gasteiger partial charge on any atom is -0.310 e. The molecule has 0 saturated heterocycles. The van der Waals surface area contributed by atoms with E-state index in [1.807, 2.05) is 47.4 Å². The van der Waals surface area contributed by atoms with Gasteiger partial charge in [0, 0.05) is 91.6 Å². The Labute approximate surface area is 764 Å². The highest BCUT2D eigenvalue weighted by Crippen LogP contribution is 2.52. The lowest BCUT2D eigenvalue weighted by Crippen LogP contribution is -2.15. The van der Waals surface area contributed by atoms with Crippen molar-refractivity contribution in [2.24, 2.45) is 0 Å². The lowest BCUT2D eigenvalue weighted by Gasteiger charge is -2.27. The predicted molar refractivity (Wildman–Crippen MR) is 537 cm³/mol. The number of nitrogens with zero attached hydrogens (tertiary/aromatic N) is 4. The van der Waals surface area contributed by atoms with Gasteiger partial charge < -0.3 is 19.6 Å². The third-order valence-corrected chi connectivity index (χ3v) is 24.5. The van der Waals surface area contributed by atoms with E-state index in [1.54, 1.807) is 0 Å². The second kappa shape index (κ2) is 38.9. The number of benzene rings is 19. The fourth-order valence-corrected chi connectivity index (χ4v) is 17.4. The first-order chi connectivity index (χ1) is 61.2. The number of halogens is 6. The molecule has 0 aromatic heterocycles. The molecular weight excluding hydrogens is 1790 g/mol. The van der Waals surface area contributed by atoms with Crippen molar-refractivity contribution < 1.29 is 8.78 Å². The monoisotopic (exact) mass is 1870 g/mol. The average molecular weight is 1880 g/mol. The summed E-state index contributed by atoms with van der Waals surface area (Å²) in [7, 11) is 0. The maximum absolute atomic E-state index is 14.1. The average Bonchev–Trinajstić information content (AvgIpc) is 1.59. The van der Waals surface area contributed by atoms with E-state index in [1.165, 1.54) is 101 Å². The van der Waals surface area contributed by atoms with Gasteiger partial charge >= 0.3 is 0 Å². The Morgan fingerprint density at radius 3 is 0.952 bits per heavy atom. The van der Waals surface area contributed by atoms with Gasteiger partial charge in [-0.3, -0.25) is 0 Å². The highest BCUT2D eigenvalue weighted by molar-refractivity contribution is 9.11. The molecule has 0 atom stereocenters. The summed E-state index contributed by atoms with van der Waals surface area (Å²) in [6.07, 6.45) is 0. The van der Waals surface area contributed by atoms with Crippen LogP contribution in [0.2, 0.25) is 0 Å². The van der Waals surface area contributed by atoms with Crippen molar-refractivity contribution in [2.45, 2.75) is 19.3 Å². The molecule has 0 aliphatic heterocycles. The van der Waals surface area contributed by atoms with Crippen molar-refractivity contribution in [1.82, 2.24) is 0 Å². The Morgan fingerprint density at radius 1 is 0.184 bits per heavy atom. The molecule has 125 heavy (non-hydrogen) atoms. The smallest absolute Gasteiger partial charge is 0.128 e. The molecule has 19 aromatic carbocycles. The molecule has 1 aliphatic rings. The Balaban J connectivity index is 0.000000118. The van der Waals surface area contributed by atoms with Gasteiger partial charge in [-0.15, -0.1) is 0 Å². The van der Waals surface area contributed by atoms with Gasteiger partial charge in [0.05, 0.1) is 11.4 Å². The number of hydrogen-bond acceptors (Lipinski definition) is 4. The fraction of sp³-hybridized carbons (Fsp3) is 0.0261. The van der Waals surface area contributed by atoms with Gasteiger partial charge in [0.1, 0.15) is 11.6 Å². The van der Waals surface area contributed by atoms with Crippen LogP contribution in [-0.4, -0.2) is 0 Å². The minimum atomic E-state index is -0.607. The molecule has 0 radical (unpaired) electrons. The summed E-state index contributed by atoms with van der Waals surface area (Å²) in [6.45, 7) is 4.46. The molecule has 606 valence electrons. The van der Waals surface area contributed by atoms with Gasteiger partial charge in [-0.05, 0) is 277 Å². The van der Waals surface area contributed by atoms with Crippen LogP contribution in [0.25, 0.3) is 77.5 Å². The van der Waals surface area contributed by atoms with Crippen LogP contribution >= 0.6 is 63.7 Å². The Morgan fingerprint density at radius 2 is 0.480 bits per heavy atom. The van der Waals surface area contributed by atoms with Crippen molar-refractivity contribution in [3.05, 3.63) is 514 Å². The highest BCUT2D eigenvalue weighted by Gasteiger charge is 2.36. The second-order valence-corrected chi connectivity index (χ2v) is 34.5. The zero-order chi connectivity index (χ0) is 85.6. The van der Waals surface area contributed by atoms with E-state index in [0.29, 0.717) is 5.69 Å². The number of hydrogen-bond donors (Lipinski definition) is 0. The molecule has 0 bridgehead atoms. The largest absolute Gasteiger partial charge is 0.310 e. The third-order valence-electron chi connectivity index (χ3n) is 22.4. The summed E-state index contributed by atoms with van der Waals surface area (Å²) in [5, 5.41) is 2.48. The summed E-state index contributed by atoms with van der Waals surface area (Å²) in [6, 6.07) is 163. The van der Waals surface area contributed by atoms with Gasteiger partial charge in [0.2, 0.25) is 0 Å². The molecular formula is C115H84Br4F2N4. The SMILES string of the molecule is Brc1ccc(N(c2ccc(-c3ccccc3)cc2)c2cccc(-c3ccccc3)c2)cc1.Brc1ccc(N(c2ccccc2)c2ccc(-c3ccccc3)c3ccccc23)cc1.Brc1ccc(N(c2ccccc2)c2cccc(-c3cccc(-c4ccccc4)c3)c2)cc1.CC1(C)c2ccccc2-c2cc(N(c3ccc(Br)cc3)c3cc(F)cc(F)c3)ccc21. The standard InChI is InChI=1S/2C30H22BrN.C28H20BrN.C27H20BrF2N/c31-27-17-19-29(20-18-27)32(28-14-5-2-6-15-28)30-16-8-13-26(22-30)25-12-7-11-24(21-25)23-9-3-1-4-10-23;31-27-16-20-29(21-17-27)32(28-18-14-25(15-19-28)23-8-3-1-4-9-23)30-13-7-12-26(22-30)24-10-5-2-6-11-24;29-22-15-17-24(18-16-22)30(23-11-5-2-6-12-23)28-20-19-25(21-9-3-1-4-10-21)26-13-7-8-14-27(26)28;1-27(2)25-6-4-3-5-23(25)24-16-21(11-12-26(24)27)31(20-9-7-17(28)8-10-20)22-14-18(29)13-19(30)15-22/h2*1-22H;1-20H;3-16H,1-2H3. The van der Waals surface area contributed by atoms with Gasteiger partial charge in [-0.2, -0.15) is 0 Å². The molecule has 0 amide bonds. The zero-order valence-electron chi connectivity index (χ0n) is 68.6. The lowest BCUT2D eigenvalue weighted by atomic mass is 9.82. The van der Waals surface area contributed by atoms with Crippen molar-refractivity contribution >= 4 is 143 Å². The Kier molecular flexibility index (Phi) is 26.0. The molecule has 0 fully saturated rings. The van der Waals surface area contributed by atoms with E-state index >= 15 is 0 Å². The molecule has 1 aliphatic carbocycles. The van der Waals surface area contributed by atoms with Crippen LogP contribution in [0.4, 0.5) is 77.0 Å². The number of fused-ring (bicyclic) bond motifs is 4. The predicted octanol–water partition coefficient (Wildman–Crippen LogP) is 35.7. The molecule has 0 saturated carbocycles. The quantitative estimate of drug-likeness (QED) is 0.0901. The second-order valence-electron chi connectivity index (χ2n) is 30.8. The van der Waals surface area contributed by atoms with Crippen molar-refractivity contribution in [3.8, 4) is 66.8 Å². The van der Waals surface area contributed by atoms with Gasteiger partial charge in [0.25, 0.3) is 0 Å². The van der Waals surface area contributed by atoms with Gasteiger partial charge in [-0.25, -0.2) is 8.78 Å². The maximum Gasteiger partial charge on any atom is 0.128 e. The molecule has 0 unspecified atom stereocenters. The number of para-hydroxylation sites is 2. The van der Waals surface area contributed by atoms with Gasteiger partial charge in [0.15, 0.2) is 0 Å². The van der Waals surface area contributed by atoms with Crippen LogP contribution in [0.3, 0.4) is 0 Å². The van der Waals surface area contributed by atoms with Crippen LogP contribution < -0.4 is 19.6 Å². The topological polar surface area (TPSA) is 13.0 Å². The van der Waals surface area contributed by atoms with E-state index in [-0.39, 0.29) is 5.41 Å². The summed E-state index contributed by atoms with van der Waals surface area (Å²) >= 11 is 14.1. The van der Waals surface area contributed by atoms with Crippen LogP contribution in [-0.2, 0) is 5.41 Å². The number of anilines is 12. The van der Waals surface area contributed by atoms with Crippen molar-refractivity contribution in [1.29, 1.82) is 0 Å². The summed E-state index contributed by atoms with van der Waals surface area (Å²) in [5.41, 5.74) is 29.2. The fourth-order valence-electron chi connectivity index (χ4n) is 16.4. The molecule has 0 spiro atoms. The first-order valence-electron chi connectivity index (χ1n) is 41.4. The van der Waals surface area contributed by atoms with E-state index in [4.69, 9.17) is 0 Å². The first kappa shape index (κ1) is 83.7.